The summed E-state index contributed by atoms with van der Waals surface area (Å²) >= 11 is 0. The third-order valence-corrected chi connectivity index (χ3v) is 4.47. The quantitative estimate of drug-likeness (QED) is 0.932. The van der Waals surface area contributed by atoms with E-state index in [1.807, 2.05) is 6.07 Å². The maximum atomic E-state index is 5.52. The Morgan fingerprint density at radius 2 is 1.86 bits per heavy atom. The minimum absolute atomic E-state index is 0.333. The van der Waals surface area contributed by atoms with Crippen molar-refractivity contribution in [3.05, 3.63) is 59.2 Å². The van der Waals surface area contributed by atoms with Gasteiger partial charge in [-0.1, -0.05) is 37.3 Å². The Bertz CT molecular complexity index is 668. The Morgan fingerprint density at radius 3 is 2.71 bits per heavy atom. The summed E-state index contributed by atoms with van der Waals surface area (Å²) in [6, 6.07) is 15.5. The summed E-state index contributed by atoms with van der Waals surface area (Å²) in [5.74, 6) is 2.16. The fourth-order valence-corrected chi connectivity index (χ4v) is 3.52. The molecule has 1 aliphatic carbocycles. The van der Waals surface area contributed by atoms with Gasteiger partial charge in [0, 0.05) is 12.0 Å². The van der Waals surface area contributed by atoms with E-state index in [2.05, 4.69) is 48.6 Å². The Labute approximate surface area is 124 Å². The molecule has 0 saturated carbocycles. The summed E-state index contributed by atoms with van der Waals surface area (Å²) in [7, 11) is 0. The van der Waals surface area contributed by atoms with Gasteiger partial charge in [0.2, 0.25) is 6.79 Å². The van der Waals surface area contributed by atoms with Crippen molar-refractivity contribution in [1.29, 1.82) is 0 Å². The maximum absolute atomic E-state index is 5.52. The highest BCUT2D eigenvalue weighted by atomic mass is 16.7. The molecule has 108 valence electrons. The second kappa shape index (κ2) is 5.08. The largest absolute Gasteiger partial charge is 0.454 e. The molecule has 0 saturated heterocycles. The number of hydrogen-bond acceptors (Lipinski definition) is 3. The summed E-state index contributed by atoms with van der Waals surface area (Å²) in [5.41, 5.74) is 4.18. The summed E-state index contributed by atoms with van der Waals surface area (Å²) in [6.45, 7) is 3.49. The van der Waals surface area contributed by atoms with E-state index < -0.39 is 0 Å². The van der Waals surface area contributed by atoms with Crippen LogP contribution in [0, 0.1) is 0 Å². The van der Waals surface area contributed by atoms with Crippen molar-refractivity contribution in [1.82, 2.24) is 5.32 Å². The molecule has 0 aromatic heterocycles. The molecular weight excluding hydrogens is 262 g/mol. The van der Waals surface area contributed by atoms with Gasteiger partial charge in [-0.2, -0.15) is 0 Å². The molecule has 0 unspecified atom stereocenters. The van der Waals surface area contributed by atoms with Crippen LogP contribution in [0.1, 0.15) is 42.0 Å². The van der Waals surface area contributed by atoms with Crippen molar-refractivity contribution in [3.8, 4) is 11.5 Å². The lowest BCUT2D eigenvalue weighted by Gasteiger charge is -2.14. The first-order chi connectivity index (χ1) is 10.4. The average Bonchev–Trinajstić information content (AvgIpc) is 3.12. The zero-order valence-corrected chi connectivity index (χ0v) is 12.1. The molecule has 3 nitrogen and oxygen atoms in total. The third-order valence-electron chi connectivity index (χ3n) is 4.47. The zero-order chi connectivity index (χ0) is 14.2. The first-order valence-corrected chi connectivity index (χ1v) is 7.58. The van der Waals surface area contributed by atoms with Gasteiger partial charge in [-0.05, 0) is 41.8 Å². The maximum Gasteiger partial charge on any atom is 0.231 e. The highest BCUT2D eigenvalue weighted by Gasteiger charge is 2.31. The molecule has 2 aliphatic rings. The molecular formula is C18H19NO2. The van der Waals surface area contributed by atoms with Crippen LogP contribution in [0.25, 0.3) is 0 Å². The average molecular weight is 281 g/mol. The van der Waals surface area contributed by atoms with Crippen LogP contribution in [0.3, 0.4) is 0 Å². The minimum atomic E-state index is 0.333. The number of rotatable bonds is 3. The molecule has 2 atom stereocenters. The van der Waals surface area contributed by atoms with E-state index in [0.29, 0.717) is 18.8 Å². The van der Waals surface area contributed by atoms with E-state index in [9.17, 15) is 0 Å². The first kappa shape index (κ1) is 12.7. The molecule has 1 N–H and O–H groups in total. The molecule has 0 spiro atoms. The van der Waals surface area contributed by atoms with Gasteiger partial charge < -0.3 is 14.8 Å². The molecule has 1 aliphatic heterocycles. The summed E-state index contributed by atoms with van der Waals surface area (Å²) in [4.78, 5) is 0. The highest BCUT2D eigenvalue weighted by molar-refractivity contribution is 5.50. The SMILES string of the molecule is CCN[C@H]1C[C@@H](c2ccc3c(c2)OCO3)c2ccccc21. The zero-order valence-electron chi connectivity index (χ0n) is 12.1. The van der Waals surface area contributed by atoms with Gasteiger partial charge in [0.15, 0.2) is 11.5 Å². The van der Waals surface area contributed by atoms with E-state index in [0.717, 1.165) is 24.5 Å². The number of nitrogens with one attached hydrogen (secondary N) is 1. The third kappa shape index (κ3) is 2.09. The normalized spacial score (nSPS) is 22.3. The number of fused-ring (bicyclic) bond motifs is 2. The van der Waals surface area contributed by atoms with Crippen LogP contribution in [0.15, 0.2) is 42.5 Å². The number of ether oxygens (including phenoxy) is 2. The molecule has 0 amide bonds. The van der Waals surface area contributed by atoms with Crippen LogP contribution in [0.4, 0.5) is 0 Å². The van der Waals surface area contributed by atoms with Crippen LogP contribution >= 0.6 is 0 Å². The Kier molecular flexibility index (Phi) is 3.08. The van der Waals surface area contributed by atoms with Gasteiger partial charge in [-0.3, -0.25) is 0 Å². The van der Waals surface area contributed by atoms with Crippen LogP contribution in [0.5, 0.6) is 11.5 Å². The number of hydrogen-bond donors (Lipinski definition) is 1. The predicted molar refractivity (Wildman–Crippen MR) is 81.9 cm³/mol. The van der Waals surface area contributed by atoms with Crippen molar-refractivity contribution < 1.29 is 9.47 Å². The van der Waals surface area contributed by atoms with Gasteiger partial charge in [0.05, 0.1) is 0 Å². The molecule has 3 heteroatoms. The standard InChI is InChI=1S/C18H19NO2/c1-2-19-16-10-15(13-5-3-4-6-14(13)16)12-7-8-17-18(9-12)21-11-20-17/h3-9,15-16,19H,2,10-11H2,1H3/t15-,16-/m0/s1. The summed E-state index contributed by atoms with van der Waals surface area (Å²) < 4.78 is 10.9. The fourth-order valence-electron chi connectivity index (χ4n) is 3.52. The van der Waals surface area contributed by atoms with Gasteiger partial charge >= 0.3 is 0 Å². The first-order valence-electron chi connectivity index (χ1n) is 7.58. The minimum Gasteiger partial charge on any atom is -0.454 e. The lowest BCUT2D eigenvalue weighted by molar-refractivity contribution is 0.174. The van der Waals surface area contributed by atoms with Crippen LogP contribution in [-0.4, -0.2) is 13.3 Å². The Balaban J connectivity index is 1.73. The van der Waals surface area contributed by atoms with Gasteiger partial charge in [-0.15, -0.1) is 0 Å². The van der Waals surface area contributed by atoms with E-state index in [4.69, 9.17) is 9.47 Å². The van der Waals surface area contributed by atoms with Crippen molar-refractivity contribution in [3.63, 3.8) is 0 Å². The molecule has 0 radical (unpaired) electrons. The van der Waals surface area contributed by atoms with Crippen molar-refractivity contribution in [2.75, 3.05) is 13.3 Å². The molecule has 0 fully saturated rings. The lowest BCUT2D eigenvalue weighted by atomic mass is 9.93. The molecule has 21 heavy (non-hydrogen) atoms. The smallest absolute Gasteiger partial charge is 0.231 e. The Hall–Kier alpha value is -2.00. The second-order valence-corrected chi connectivity index (χ2v) is 5.64. The van der Waals surface area contributed by atoms with Gasteiger partial charge in [-0.25, -0.2) is 0 Å². The summed E-state index contributed by atoms with van der Waals surface area (Å²) in [5, 5.41) is 3.60. The molecule has 2 aromatic carbocycles. The Morgan fingerprint density at radius 1 is 1.05 bits per heavy atom. The molecule has 2 aromatic rings. The molecule has 1 heterocycles. The van der Waals surface area contributed by atoms with Crippen molar-refractivity contribution in [2.24, 2.45) is 0 Å². The molecule has 4 rings (SSSR count). The van der Waals surface area contributed by atoms with E-state index >= 15 is 0 Å². The predicted octanol–water partition coefficient (Wildman–Crippen LogP) is 3.60. The fraction of sp³-hybridized carbons (Fsp3) is 0.333. The van der Waals surface area contributed by atoms with Crippen LogP contribution < -0.4 is 14.8 Å². The molecule has 0 bridgehead atoms. The van der Waals surface area contributed by atoms with Crippen molar-refractivity contribution >= 4 is 0 Å². The number of benzene rings is 2. The highest BCUT2D eigenvalue weighted by Crippen LogP contribution is 2.46. The van der Waals surface area contributed by atoms with Gasteiger partial charge in [0.1, 0.15) is 0 Å². The lowest BCUT2D eigenvalue weighted by Crippen LogP contribution is -2.18. The van der Waals surface area contributed by atoms with E-state index in [1.54, 1.807) is 0 Å². The van der Waals surface area contributed by atoms with Gasteiger partial charge in [0.25, 0.3) is 0 Å². The van der Waals surface area contributed by atoms with Crippen molar-refractivity contribution in [2.45, 2.75) is 25.3 Å². The monoisotopic (exact) mass is 281 g/mol. The second-order valence-electron chi connectivity index (χ2n) is 5.64. The van der Waals surface area contributed by atoms with E-state index in [1.165, 1.54) is 16.7 Å². The summed E-state index contributed by atoms with van der Waals surface area (Å²) in [6.07, 6.45) is 1.10. The van der Waals surface area contributed by atoms with E-state index in [-0.39, 0.29) is 0 Å². The van der Waals surface area contributed by atoms with Crippen LogP contribution in [-0.2, 0) is 0 Å². The topological polar surface area (TPSA) is 30.5 Å². The van der Waals surface area contributed by atoms with Crippen LogP contribution in [0.2, 0.25) is 0 Å².